The number of anilines is 1. The number of hydrogen-bond donors (Lipinski definition) is 3. The highest BCUT2D eigenvalue weighted by atomic mass is 32.2. The van der Waals surface area contributed by atoms with Gasteiger partial charge in [-0.2, -0.15) is 0 Å². The van der Waals surface area contributed by atoms with Gasteiger partial charge in [-0.15, -0.1) is 0 Å². The molecule has 1 atom stereocenters. The number of carbonyl (C=O) groups excluding carboxylic acids is 1. The van der Waals surface area contributed by atoms with E-state index < -0.39 is 28.4 Å². The van der Waals surface area contributed by atoms with Gasteiger partial charge in [0.15, 0.2) is 11.4 Å². The van der Waals surface area contributed by atoms with Gasteiger partial charge >= 0.3 is 0 Å². The highest BCUT2D eigenvalue weighted by molar-refractivity contribution is 7.80. The molecule has 0 saturated heterocycles. The lowest BCUT2D eigenvalue weighted by molar-refractivity contribution is 0.0940. The number of nitrogens with zero attached hydrogens (tertiary/aromatic N) is 2. The van der Waals surface area contributed by atoms with E-state index in [0.29, 0.717) is 24.3 Å². The van der Waals surface area contributed by atoms with E-state index in [1.165, 1.54) is 15.9 Å². The van der Waals surface area contributed by atoms with Gasteiger partial charge in [-0.3, -0.25) is 18.4 Å². The number of aromatic hydroxyl groups is 1. The van der Waals surface area contributed by atoms with E-state index in [2.05, 4.69) is 5.32 Å². The molecule has 1 heterocycles. The van der Waals surface area contributed by atoms with Crippen LogP contribution < -0.4 is 15.1 Å². The summed E-state index contributed by atoms with van der Waals surface area (Å²) in [5, 5.41) is 12.7. The topological polar surface area (TPSA) is 112 Å². The number of rotatable bonds is 7. The first-order valence-electron chi connectivity index (χ1n) is 8.41. The summed E-state index contributed by atoms with van der Waals surface area (Å²) in [5.74, 6) is -1.23. The van der Waals surface area contributed by atoms with Crippen LogP contribution in [-0.4, -0.2) is 30.9 Å². The number of aryl methyl sites for hydroxylation is 1. The van der Waals surface area contributed by atoms with Crippen molar-refractivity contribution in [2.75, 3.05) is 10.8 Å². The smallest absolute Gasteiger partial charge is 0.271 e. The third-order valence-electron chi connectivity index (χ3n) is 4.09. The molecule has 0 saturated carbocycles. The molecule has 0 aliphatic carbocycles. The Morgan fingerprint density at radius 1 is 1.30 bits per heavy atom. The second kappa shape index (κ2) is 8.83. The van der Waals surface area contributed by atoms with Gasteiger partial charge in [-0.25, -0.2) is 4.21 Å². The number of amides is 1. The van der Waals surface area contributed by atoms with E-state index in [1.807, 2.05) is 13.8 Å². The van der Waals surface area contributed by atoms with Gasteiger partial charge in [0.2, 0.25) is 5.43 Å². The number of aromatic nitrogens is 1. The molecule has 0 bridgehead atoms. The molecule has 0 fully saturated rings. The van der Waals surface area contributed by atoms with Crippen LogP contribution in [0.15, 0.2) is 35.1 Å². The van der Waals surface area contributed by atoms with Crippen LogP contribution in [0.25, 0.3) is 0 Å². The normalized spacial score (nSPS) is 11.9. The summed E-state index contributed by atoms with van der Waals surface area (Å²) in [6, 6.07) is 8.14. The van der Waals surface area contributed by atoms with Gasteiger partial charge in [0, 0.05) is 25.4 Å². The van der Waals surface area contributed by atoms with Gasteiger partial charge in [0.05, 0.1) is 12.2 Å². The molecule has 1 aromatic carbocycles. The minimum atomic E-state index is -2.35. The zero-order chi connectivity index (χ0) is 20.1. The second-order valence-corrected chi connectivity index (χ2v) is 7.02. The average molecular weight is 393 g/mol. The van der Waals surface area contributed by atoms with E-state index in [1.54, 1.807) is 24.3 Å². The Balaban J connectivity index is 2.46. The summed E-state index contributed by atoms with van der Waals surface area (Å²) in [6.07, 6.45) is 0.699. The maximum absolute atomic E-state index is 12.3. The summed E-state index contributed by atoms with van der Waals surface area (Å²) in [4.78, 5) is 24.4. The average Bonchev–Trinajstić information content (AvgIpc) is 2.62. The fraction of sp³-hybridized carbons (Fsp3) is 0.333. The van der Waals surface area contributed by atoms with Crippen molar-refractivity contribution in [1.29, 1.82) is 0 Å². The predicted molar refractivity (Wildman–Crippen MR) is 104 cm³/mol. The van der Waals surface area contributed by atoms with Crippen molar-refractivity contribution in [3.8, 4) is 5.75 Å². The predicted octanol–water partition coefficient (Wildman–Crippen LogP) is 1.68. The maximum atomic E-state index is 12.3. The Kier molecular flexibility index (Phi) is 6.75. The minimum Gasteiger partial charge on any atom is -0.503 e. The molecule has 0 aliphatic rings. The van der Waals surface area contributed by atoms with Crippen LogP contribution in [0.1, 0.15) is 35.1 Å². The molecule has 146 valence electrons. The fourth-order valence-corrected chi connectivity index (χ4v) is 3.11. The number of hydrogen-bond acceptors (Lipinski definition) is 4. The highest BCUT2D eigenvalue weighted by Crippen LogP contribution is 2.21. The SMILES string of the molecule is CCCNC(=O)c1c(O)c(=O)cc(CN(c2ccc(C)cc2)S(=O)O)n1C. The first-order chi connectivity index (χ1) is 12.8. The molecule has 0 spiro atoms. The van der Waals surface area contributed by atoms with Crippen molar-refractivity contribution in [3.05, 3.63) is 57.5 Å². The van der Waals surface area contributed by atoms with E-state index in [-0.39, 0.29) is 12.2 Å². The zero-order valence-electron chi connectivity index (χ0n) is 15.4. The Bertz CT molecular complexity index is 908. The van der Waals surface area contributed by atoms with Crippen LogP contribution in [-0.2, 0) is 24.9 Å². The molecular weight excluding hydrogens is 370 g/mol. The van der Waals surface area contributed by atoms with Crippen LogP contribution in [0, 0.1) is 6.92 Å². The van der Waals surface area contributed by atoms with Crippen molar-refractivity contribution in [2.24, 2.45) is 7.05 Å². The van der Waals surface area contributed by atoms with E-state index >= 15 is 0 Å². The van der Waals surface area contributed by atoms with Crippen LogP contribution in [0.3, 0.4) is 0 Å². The lowest BCUT2D eigenvalue weighted by Crippen LogP contribution is -2.32. The quantitative estimate of drug-likeness (QED) is 0.620. The molecule has 3 N–H and O–H groups in total. The molecule has 1 unspecified atom stereocenters. The van der Waals surface area contributed by atoms with Crippen molar-refractivity contribution < 1.29 is 18.7 Å². The number of carbonyl (C=O) groups is 1. The van der Waals surface area contributed by atoms with Gasteiger partial charge in [0.1, 0.15) is 0 Å². The molecular formula is C18H23N3O5S. The van der Waals surface area contributed by atoms with Crippen LogP contribution in [0.2, 0.25) is 0 Å². The number of benzene rings is 1. The highest BCUT2D eigenvalue weighted by Gasteiger charge is 2.22. The Hall–Kier alpha value is -2.65. The van der Waals surface area contributed by atoms with Crippen molar-refractivity contribution in [2.45, 2.75) is 26.8 Å². The summed E-state index contributed by atoms with van der Waals surface area (Å²) >= 11 is -2.35. The van der Waals surface area contributed by atoms with Crippen molar-refractivity contribution >= 4 is 22.9 Å². The van der Waals surface area contributed by atoms with Crippen molar-refractivity contribution in [3.63, 3.8) is 0 Å². The Morgan fingerprint density at radius 2 is 1.93 bits per heavy atom. The van der Waals surface area contributed by atoms with Gasteiger partial charge < -0.3 is 15.0 Å². The summed E-state index contributed by atoms with van der Waals surface area (Å²) in [5.41, 5.74) is 0.881. The number of pyridine rings is 1. The monoisotopic (exact) mass is 393 g/mol. The van der Waals surface area contributed by atoms with Crippen LogP contribution in [0.5, 0.6) is 5.75 Å². The molecule has 27 heavy (non-hydrogen) atoms. The van der Waals surface area contributed by atoms with Gasteiger partial charge in [-0.1, -0.05) is 24.6 Å². The zero-order valence-corrected chi connectivity index (χ0v) is 16.2. The maximum Gasteiger partial charge on any atom is 0.271 e. The number of nitrogens with one attached hydrogen (secondary N) is 1. The lowest BCUT2D eigenvalue weighted by atomic mass is 10.2. The summed E-state index contributed by atoms with van der Waals surface area (Å²) < 4.78 is 24.1. The molecule has 8 nitrogen and oxygen atoms in total. The third kappa shape index (κ3) is 4.75. The van der Waals surface area contributed by atoms with E-state index in [4.69, 9.17) is 0 Å². The molecule has 1 amide bonds. The van der Waals surface area contributed by atoms with Gasteiger partial charge in [-0.05, 0) is 25.5 Å². The van der Waals surface area contributed by atoms with Gasteiger partial charge in [0.25, 0.3) is 17.2 Å². The molecule has 2 rings (SSSR count). The molecule has 1 aromatic heterocycles. The lowest BCUT2D eigenvalue weighted by Gasteiger charge is -2.23. The molecule has 2 aromatic rings. The van der Waals surface area contributed by atoms with E-state index in [9.17, 15) is 23.5 Å². The molecule has 9 heteroatoms. The first-order valence-corrected chi connectivity index (χ1v) is 9.47. The van der Waals surface area contributed by atoms with Crippen LogP contribution in [0.4, 0.5) is 5.69 Å². The first kappa shape index (κ1) is 20.7. The van der Waals surface area contributed by atoms with Crippen molar-refractivity contribution in [1.82, 2.24) is 9.88 Å². The summed E-state index contributed by atoms with van der Waals surface area (Å²) in [6.45, 7) is 4.07. The standard InChI is InChI=1S/C18H23N3O5S/c1-4-9-19-18(24)16-17(23)15(22)10-14(20(16)3)11-21(27(25)26)13-7-5-12(2)6-8-13/h5-8,10,23H,4,9,11H2,1-3H3,(H,19,24)(H,25,26). The Labute approximate surface area is 159 Å². The summed E-state index contributed by atoms with van der Waals surface area (Å²) in [7, 11) is 1.52. The Morgan fingerprint density at radius 3 is 2.48 bits per heavy atom. The third-order valence-corrected chi connectivity index (χ3v) is 4.81. The fourth-order valence-electron chi connectivity index (χ4n) is 2.56. The largest absolute Gasteiger partial charge is 0.503 e. The minimum absolute atomic E-state index is 0.105. The van der Waals surface area contributed by atoms with E-state index in [0.717, 1.165) is 11.6 Å². The molecule has 0 aliphatic heterocycles. The van der Waals surface area contributed by atoms with Crippen LogP contribution >= 0.6 is 0 Å². The second-order valence-electron chi connectivity index (χ2n) is 6.11. The molecule has 0 radical (unpaired) electrons.